The van der Waals surface area contributed by atoms with Crippen LogP contribution in [0.1, 0.15) is 19.3 Å². The Kier molecular flexibility index (Phi) is 4.15. The SMILES string of the molecule is O=C(O)C1CCC(C(=O)Nc2cc(F)ccc2[N+](=O)[O-])C1. The minimum atomic E-state index is -0.956. The van der Waals surface area contributed by atoms with E-state index in [9.17, 15) is 24.1 Å². The summed E-state index contributed by atoms with van der Waals surface area (Å²) in [5.74, 6) is -3.29. The summed E-state index contributed by atoms with van der Waals surface area (Å²) in [5, 5.41) is 22.0. The Balaban J connectivity index is 2.12. The van der Waals surface area contributed by atoms with Crippen LogP contribution in [0.3, 0.4) is 0 Å². The maximum Gasteiger partial charge on any atom is 0.306 e. The van der Waals surface area contributed by atoms with Gasteiger partial charge in [0.2, 0.25) is 5.91 Å². The normalized spacial score (nSPS) is 21.0. The lowest BCUT2D eigenvalue weighted by molar-refractivity contribution is -0.384. The Bertz CT molecular complexity index is 604. The van der Waals surface area contributed by atoms with Gasteiger partial charge in [-0.25, -0.2) is 4.39 Å². The van der Waals surface area contributed by atoms with Crippen LogP contribution in [0.2, 0.25) is 0 Å². The Morgan fingerprint density at radius 3 is 2.57 bits per heavy atom. The third-order valence-corrected chi connectivity index (χ3v) is 3.57. The van der Waals surface area contributed by atoms with E-state index in [0.717, 1.165) is 18.2 Å². The first-order valence-corrected chi connectivity index (χ1v) is 6.36. The fourth-order valence-electron chi connectivity index (χ4n) is 2.45. The fourth-order valence-corrected chi connectivity index (χ4v) is 2.45. The number of carboxylic acids is 1. The predicted molar refractivity (Wildman–Crippen MR) is 70.2 cm³/mol. The van der Waals surface area contributed by atoms with E-state index >= 15 is 0 Å². The predicted octanol–water partition coefficient (Wildman–Crippen LogP) is 2.17. The molecule has 0 spiro atoms. The van der Waals surface area contributed by atoms with Gasteiger partial charge in [0.1, 0.15) is 11.5 Å². The van der Waals surface area contributed by atoms with Crippen molar-refractivity contribution in [1.29, 1.82) is 0 Å². The quantitative estimate of drug-likeness (QED) is 0.653. The number of nitro groups is 1. The molecule has 7 nitrogen and oxygen atoms in total. The molecule has 2 atom stereocenters. The molecule has 1 aromatic rings. The molecule has 0 bridgehead atoms. The van der Waals surface area contributed by atoms with E-state index in [1.165, 1.54) is 0 Å². The molecule has 112 valence electrons. The van der Waals surface area contributed by atoms with E-state index in [2.05, 4.69) is 5.32 Å². The molecule has 21 heavy (non-hydrogen) atoms. The third-order valence-electron chi connectivity index (χ3n) is 3.57. The smallest absolute Gasteiger partial charge is 0.306 e. The highest BCUT2D eigenvalue weighted by atomic mass is 19.1. The van der Waals surface area contributed by atoms with Crippen molar-refractivity contribution in [2.75, 3.05) is 5.32 Å². The van der Waals surface area contributed by atoms with Crippen LogP contribution in [-0.2, 0) is 9.59 Å². The molecule has 1 aliphatic carbocycles. The van der Waals surface area contributed by atoms with E-state index in [1.807, 2.05) is 0 Å². The van der Waals surface area contributed by atoms with Gasteiger partial charge < -0.3 is 10.4 Å². The van der Waals surface area contributed by atoms with Crippen molar-refractivity contribution in [3.05, 3.63) is 34.1 Å². The summed E-state index contributed by atoms with van der Waals surface area (Å²) in [4.78, 5) is 33.0. The molecular formula is C13H13FN2O5. The van der Waals surface area contributed by atoms with Gasteiger partial charge in [-0.2, -0.15) is 0 Å². The monoisotopic (exact) mass is 296 g/mol. The Morgan fingerprint density at radius 2 is 2.00 bits per heavy atom. The minimum Gasteiger partial charge on any atom is -0.481 e. The molecule has 0 aromatic heterocycles. The number of carbonyl (C=O) groups excluding carboxylic acids is 1. The molecule has 2 N–H and O–H groups in total. The molecule has 2 unspecified atom stereocenters. The van der Waals surface area contributed by atoms with Crippen LogP contribution in [0.25, 0.3) is 0 Å². The van der Waals surface area contributed by atoms with Gasteiger partial charge in [0.25, 0.3) is 5.69 Å². The Labute approximate surface area is 118 Å². The molecule has 0 saturated heterocycles. The highest BCUT2D eigenvalue weighted by Crippen LogP contribution is 2.33. The molecule has 1 aromatic carbocycles. The standard InChI is InChI=1S/C13H13FN2O5/c14-9-3-4-11(16(20)21)10(6-9)15-12(17)7-1-2-8(5-7)13(18)19/h3-4,6-8H,1-2,5H2,(H,15,17)(H,18,19). The van der Waals surface area contributed by atoms with Crippen LogP contribution >= 0.6 is 0 Å². The van der Waals surface area contributed by atoms with Gasteiger partial charge in [0.05, 0.1) is 10.8 Å². The van der Waals surface area contributed by atoms with E-state index in [1.54, 1.807) is 0 Å². The maximum absolute atomic E-state index is 13.2. The minimum absolute atomic E-state index is 0.185. The lowest BCUT2D eigenvalue weighted by Crippen LogP contribution is -2.22. The topological polar surface area (TPSA) is 110 Å². The molecule has 1 amide bonds. The molecule has 1 fully saturated rings. The first kappa shape index (κ1) is 14.9. The van der Waals surface area contributed by atoms with Crippen molar-refractivity contribution in [1.82, 2.24) is 0 Å². The molecule has 0 radical (unpaired) electrons. The van der Waals surface area contributed by atoms with Crippen molar-refractivity contribution >= 4 is 23.3 Å². The summed E-state index contributed by atoms with van der Waals surface area (Å²) in [6, 6.07) is 2.78. The van der Waals surface area contributed by atoms with E-state index in [-0.39, 0.29) is 12.1 Å². The van der Waals surface area contributed by atoms with E-state index < -0.39 is 40.1 Å². The largest absolute Gasteiger partial charge is 0.481 e. The highest BCUT2D eigenvalue weighted by molar-refractivity contribution is 5.95. The van der Waals surface area contributed by atoms with Crippen molar-refractivity contribution < 1.29 is 24.0 Å². The first-order chi connectivity index (χ1) is 9.88. The van der Waals surface area contributed by atoms with Crippen molar-refractivity contribution in [2.45, 2.75) is 19.3 Å². The van der Waals surface area contributed by atoms with E-state index in [0.29, 0.717) is 12.8 Å². The Morgan fingerprint density at radius 1 is 1.33 bits per heavy atom. The first-order valence-electron chi connectivity index (χ1n) is 6.36. The number of aliphatic carboxylic acids is 1. The summed E-state index contributed by atoms with van der Waals surface area (Å²) in [6.07, 6.45) is 0.967. The highest BCUT2D eigenvalue weighted by Gasteiger charge is 2.34. The zero-order valence-electron chi connectivity index (χ0n) is 10.9. The van der Waals surface area contributed by atoms with Gasteiger partial charge in [-0.3, -0.25) is 19.7 Å². The fraction of sp³-hybridized carbons (Fsp3) is 0.385. The molecular weight excluding hydrogens is 283 g/mol. The number of hydrogen-bond donors (Lipinski definition) is 2. The number of carboxylic acid groups (broad SMARTS) is 1. The number of nitro benzene ring substituents is 1. The van der Waals surface area contributed by atoms with Gasteiger partial charge in [-0.15, -0.1) is 0 Å². The number of benzene rings is 1. The van der Waals surface area contributed by atoms with Crippen LogP contribution in [0.4, 0.5) is 15.8 Å². The van der Waals surface area contributed by atoms with Gasteiger partial charge >= 0.3 is 5.97 Å². The second kappa shape index (κ2) is 5.86. The summed E-state index contributed by atoms with van der Waals surface area (Å²) in [7, 11) is 0. The number of nitrogens with zero attached hydrogens (tertiary/aromatic N) is 1. The summed E-state index contributed by atoms with van der Waals surface area (Å²) in [6.45, 7) is 0. The zero-order chi connectivity index (χ0) is 15.6. The van der Waals surface area contributed by atoms with E-state index in [4.69, 9.17) is 5.11 Å². The van der Waals surface area contributed by atoms with Gasteiger partial charge in [0.15, 0.2) is 0 Å². The average Bonchev–Trinajstić information content (AvgIpc) is 2.88. The van der Waals surface area contributed by atoms with Crippen LogP contribution in [0.5, 0.6) is 0 Å². The molecule has 1 aliphatic rings. The maximum atomic E-state index is 13.2. The summed E-state index contributed by atoms with van der Waals surface area (Å²) in [5.41, 5.74) is -0.624. The molecule has 2 rings (SSSR count). The Hall–Kier alpha value is -2.51. The molecule has 0 heterocycles. The number of rotatable bonds is 4. The van der Waals surface area contributed by atoms with Crippen LogP contribution in [-0.4, -0.2) is 21.9 Å². The van der Waals surface area contributed by atoms with Crippen LogP contribution in [0.15, 0.2) is 18.2 Å². The second-order valence-electron chi connectivity index (χ2n) is 4.95. The lowest BCUT2D eigenvalue weighted by Gasteiger charge is -2.11. The molecule has 1 saturated carbocycles. The van der Waals surface area contributed by atoms with Crippen molar-refractivity contribution in [3.8, 4) is 0 Å². The molecule has 8 heteroatoms. The van der Waals surface area contributed by atoms with Crippen molar-refractivity contribution in [3.63, 3.8) is 0 Å². The lowest BCUT2D eigenvalue weighted by atomic mass is 10.0. The summed E-state index contributed by atoms with van der Waals surface area (Å²) >= 11 is 0. The number of anilines is 1. The number of nitrogens with one attached hydrogen (secondary N) is 1. The second-order valence-corrected chi connectivity index (χ2v) is 4.95. The van der Waals surface area contributed by atoms with Crippen molar-refractivity contribution in [2.24, 2.45) is 11.8 Å². The van der Waals surface area contributed by atoms with Crippen LogP contribution in [0, 0.1) is 27.8 Å². The zero-order valence-corrected chi connectivity index (χ0v) is 10.9. The number of amides is 1. The van der Waals surface area contributed by atoms with Gasteiger partial charge in [0, 0.05) is 18.1 Å². The molecule has 0 aliphatic heterocycles. The van der Waals surface area contributed by atoms with Crippen LogP contribution < -0.4 is 5.32 Å². The van der Waals surface area contributed by atoms with Gasteiger partial charge in [-0.05, 0) is 25.3 Å². The number of carbonyl (C=O) groups is 2. The number of hydrogen-bond acceptors (Lipinski definition) is 4. The number of halogens is 1. The average molecular weight is 296 g/mol. The van der Waals surface area contributed by atoms with Gasteiger partial charge in [-0.1, -0.05) is 0 Å². The summed E-state index contributed by atoms with van der Waals surface area (Å²) < 4.78 is 13.2. The third kappa shape index (κ3) is 3.33.